The number of ketones is 1. The maximum absolute atomic E-state index is 11.2. The van der Waals surface area contributed by atoms with E-state index in [9.17, 15) is 4.79 Å². The Hall–Kier alpha value is -1.65. The molecule has 0 bridgehead atoms. The number of carbonyl (C=O) groups excluding carboxylic acids is 1. The lowest BCUT2D eigenvalue weighted by atomic mass is 9.90. The van der Waals surface area contributed by atoms with Crippen LogP contribution in [0, 0.1) is 0 Å². The summed E-state index contributed by atoms with van der Waals surface area (Å²) >= 11 is 0. The zero-order valence-electron chi connectivity index (χ0n) is 13.9. The summed E-state index contributed by atoms with van der Waals surface area (Å²) in [6.45, 7) is 9.71. The minimum absolute atomic E-state index is 0.0798. The lowest BCUT2D eigenvalue weighted by Gasteiger charge is -2.32. The topological polar surface area (TPSA) is 35.5 Å². The fourth-order valence-corrected chi connectivity index (χ4v) is 2.12. The van der Waals surface area contributed by atoms with Gasteiger partial charge >= 0.3 is 7.12 Å². The first-order chi connectivity index (χ1) is 10.2. The Balaban J connectivity index is 1.94. The van der Waals surface area contributed by atoms with Gasteiger partial charge < -0.3 is 9.31 Å². The van der Waals surface area contributed by atoms with Crippen LogP contribution in [0.25, 0.3) is 6.08 Å². The first kappa shape index (κ1) is 16.7. The molecule has 1 aliphatic heterocycles. The number of hydrogen-bond acceptors (Lipinski definition) is 3. The minimum atomic E-state index is -0.324. The number of carbonyl (C=O) groups is 1. The number of allylic oxidation sites excluding steroid dienone is 2. The van der Waals surface area contributed by atoms with Crippen molar-refractivity contribution < 1.29 is 14.1 Å². The fraction of sp³-hybridized carbons (Fsp3) is 0.389. The average Bonchev–Trinajstić information content (AvgIpc) is 2.63. The normalized spacial score (nSPS) is 20.1. The van der Waals surface area contributed by atoms with Crippen LogP contribution in [0.2, 0.25) is 0 Å². The summed E-state index contributed by atoms with van der Waals surface area (Å²) in [5.41, 5.74) is 1.15. The Morgan fingerprint density at radius 2 is 1.55 bits per heavy atom. The van der Waals surface area contributed by atoms with Gasteiger partial charge in [-0.05, 0) is 40.2 Å². The van der Waals surface area contributed by atoms with Gasteiger partial charge in [-0.1, -0.05) is 48.5 Å². The van der Waals surface area contributed by atoms with Crippen molar-refractivity contribution in [1.29, 1.82) is 0 Å². The van der Waals surface area contributed by atoms with E-state index in [2.05, 4.69) is 0 Å². The first-order valence-electron chi connectivity index (χ1n) is 7.53. The number of Topliss-reactive ketones (excluding diaryl/α,β-unsaturated/α-hetero) is 1. The van der Waals surface area contributed by atoms with E-state index in [1.54, 1.807) is 6.92 Å². The van der Waals surface area contributed by atoms with Crippen molar-refractivity contribution in [2.24, 2.45) is 0 Å². The van der Waals surface area contributed by atoms with E-state index in [1.807, 2.05) is 76.2 Å². The lowest BCUT2D eigenvalue weighted by Crippen LogP contribution is -2.41. The van der Waals surface area contributed by atoms with E-state index in [-0.39, 0.29) is 24.1 Å². The molecule has 4 heteroatoms. The SMILES string of the molecule is CC(=O)c1ccc(/C=C/C=C/B2OC(C)(C)C(C)(C)O2)cc1. The van der Waals surface area contributed by atoms with Gasteiger partial charge in [-0.15, -0.1) is 0 Å². The quantitative estimate of drug-likeness (QED) is 0.477. The number of benzene rings is 1. The molecule has 1 aromatic rings. The van der Waals surface area contributed by atoms with Gasteiger partial charge in [0.25, 0.3) is 0 Å². The molecule has 1 aliphatic rings. The zero-order valence-corrected chi connectivity index (χ0v) is 13.9. The van der Waals surface area contributed by atoms with Crippen LogP contribution < -0.4 is 0 Å². The molecule has 0 N–H and O–H groups in total. The molecule has 1 aromatic carbocycles. The molecule has 0 atom stereocenters. The van der Waals surface area contributed by atoms with Crippen LogP contribution in [0.4, 0.5) is 0 Å². The van der Waals surface area contributed by atoms with Gasteiger partial charge in [-0.3, -0.25) is 4.79 Å². The molecule has 0 aromatic heterocycles. The van der Waals surface area contributed by atoms with Crippen LogP contribution in [-0.4, -0.2) is 24.1 Å². The van der Waals surface area contributed by atoms with Gasteiger partial charge in [0.2, 0.25) is 0 Å². The third-order valence-corrected chi connectivity index (χ3v) is 4.26. The largest absolute Gasteiger partial charge is 0.487 e. The predicted molar refractivity (Wildman–Crippen MR) is 90.7 cm³/mol. The highest BCUT2D eigenvalue weighted by atomic mass is 16.7. The van der Waals surface area contributed by atoms with Crippen molar-refractivity contribution in [3.8, 4) is 0 Å². The van der Waals surface area contributed by atoms with Crippen molar-refractivity contribution in [2.75, 3.05) is 0 Å². The second kappa shape index (κ2) is 6.23. The lowest BCUT2D eigenvalue weighted by molar-refractivity contribution is 0.00578. The van der Waals surface area contributed by atoms with Gasteiger partial charge in [-0.25, -0.2) is 0 Å². The van der Waals surface area contributed by atoms with Crippen molar-refractivity contribution in [1.82, 2.24) is 0 Å². The minimum Gasteiger partial charge on any atom is -0.400 e. The average molecular weight is 298 g/mol. The van der Waals surface area contributed by atoms with Gasteiger partial charge in [0, 0.05) is 5.56 Å². The molecule has 1 saturated heterocycles. The van der Waals surface area contributed by atoms with Crippen LogP contribution in [0.1, 0.15) is 50.5 Å². The fourth-order valence-electron chi connectivity index (χ4n) is 2.12. The Morgan fingerprint density at radius 3 is 2.05 bits per heavy atom. The summed E-state index contributed by atoms with van der Waals surface area (Å²) in [5, 5.41) is 0. The highest BCUT2D eigenvalue weighted by Gasteiger charge is 2.49. The molecule has 0 saturated carbocycles. The van der Waals surface area contributed by atoms with E-state index in [0.717, 1.165) is 11.1 Å². The predicted octanol–water partition coefficient (Wildman–Crippen LogP) is 4.09. The molecule has 116 valence electrons. The Labute approximate surface area is 133 Å². The van der Waals surface area contributed by atoms with Gasteiger partial charge in [-0.2, -0.15) is 0 Å². The van der Waals surface area contributed by atoms with Crippen molar-refractivity contribution in [3.05, 3.63) is 53.5 Å². The van der Waals surface area contributed by atoms with E-state index in [4.69, 9.17) is 9.31 Å². The van der Waals surface area contributed by atoms with E-state index in [1.165, 1.54) is 0 Å². The molecule has 1 fully saturated rings. The first-order valence-corrected chi connectivity index (χ1v) is 7.53. The highest BCUT2D eigenvalue weighted by molar-refractivity contribution is 6.51. The molecule has 2 rings (SSSR count). The number of hydrogen-bond donors (Lipinski definition) is 0. The standard InChI is InChI=1S/C18H23BO3/c1-14(20)16-11-9-15(10-12-16)8-6-7-13-19-21-17(2,3)18(4,5)22-19/h6-13H,1-5H3/b8-6+,13-7+. The van der Waals surface area contributed by atoms with E-state index >= 15 is 0 Å². The maximum Gasteiger partial charge on any atom is 0.487 e. The van der Waals surface area contributed by atoms with E-state index < -0.39 is 0 Å². The summed E-state index contributed by atoms with van der Waals surface area (Å²) < 4.78 is 11.8. The number of rotatable bonds is 4. The summed E-state index contributed by atoms with van der Waals surface area (Å²) in [6, 6.07) is 7.52. The highest BCUT2D eigenvalue weighted by Crippen LogP contribution is 2.36. The van der Waals surface area contributed by atoms with Crippen LogP contribution in [0.5, 0.6) is 0 Å². The molecule has 0 unspecified atom stereocenters. The Bertz CT molecular complexity index is 581. The zero-order chi connectivity index (χ0) is 16.4. The Morgan fingerprint density at radius 1 is 1.00 bits per heavy atom. The molecule has 3 nitrogen and oxygen atoms in total. The second-order valence-corrected chi connectivity index (χ2v) is 6.55. The maximum atomic E-state index is 11.2. The van der Waals surface area contributed by atoms with Crippen molar-refractivity contribution in [2.45, 2.75) is 45.8 Å². The van der Waals surface area contributed by atoms with Crippen LogP contribution in [0.15, 0.2) is 42.4 Å². The summed E-state index contributed by atoms with van der Waals surface area (Å²) in [5.74, 6) is 1.98. The van der Waals surface area contributed by atoms with Crippen LogP contribution >= 0.6 is 0 Å². The summed E-state index contributed by atoms with van der Waals surface area (Å²) in [6.07, 6.45) is 5.83. The Kier molecular flexibility index (Phi) is 4.73. The summed E-state index contributed by atoms with van der Waals surface area (Å²) in [7, 11) is -0.324. The van der Waals surface area contributed by atoms with Crippen molar-refractivity contribution in [3.63, 3.8) is 0 Å². The molecule has 1 heterocycles. The molecular formula is C18H23BO3. The molecule has 22 heavy (non-hydrogen) atoms. The molecule has 0 amide bonds. The smallest absolute Gasteiger partial charge is 0.400 e. The monoisotopic (exact) mass is 298 g/mol. The molecule has 0 spiro atoms. The van der Waals surface area contributed by atoms with E-state index in [0.29, 0.717) is 0 Å². The van der Waals surface area contributed by atoms with Crippen LogP contribution in [-0.2, 0) is 9.31 Å². The van der Waals surface area contributed by atoms with Gasteiger partial charge in [0.05, 0.1) is 11.2 Å². The second-order valence-electron chi connectivity index (χ2n) is 6.55. The van der Waals surface area contributed by atoms with Gasteiger partial charge in [0.1, 0.15) is 0 Å². The third-order valence-electron chi connectivity index (χ3n) is 4.26. The molecule has 0 aliphatic carbocycles. The van der Waals surface area contributed by atoms with Crippen molar-refractivity contribution >= 4 is 19.0 Å². The van der Waals surface area contributed by atoms with Gasteiger partial charge in [0.15, 0.2) is 5.78 Å². The van der Waals surface area contributed by atoms with Crippen LogP contribution in [0.3, 0.4) is 0 Å². The third kappa shape index (κ3) is 3.76. The molecule has 0 radical (unpaired) electrons. The summed E-state index contributed by atoms with van der Waals surface area (Å²) in [4.78, 5) is 11.2. The molecular weight excluding hydrogens is 275 g/mol.